The molecule has 0 amide bonds. The lowest BCUT2D eigenvalue weighted by atomic mass is 10.2. The van der Waals surface area contributed by atoms with Crippen LogP contribution >= 0.6 is 0 Å². The summed E-state index contributed by atoms with van der Waals surface area (Å²) in [6, 6.07) is 0.163. The van der Waals surface area contributed by atoms with E-state index in [1.54, 1.807) is 0 Å². The van der Waals surface area contributed by atoms with Crippen LogP contribution in [0.15, 0.2) is 0 Å². The minimum Gasteiger partial charge on any atom is -0.469 e. The number of carbonyl (C=O) groups is 1. The molecule has 4 nitrogen and oxygen atoms in total. The van der Waals surface area contributed by atoms with Crippen molar-refractivity contribution in [1.82, 2.24) is 5.32 Å². The van der Waals surface area contributed by atoms with Crippen molar-refractivity contribution in [2.45, 2.75) is 45.8 Å². The third kappa shape index (κ3) is 9.69. The second kappa shape index (κ2) is 8.68. The van der Waals surface area contributed by atoms with Crippen molar-refractivity contribution < 1.29 is 14.3 Å². The van der Waals surface area contributed by atoms with Gasteiger partial charge in [-0.25, -0.2) is 0 Å². The standard InChI is InChI=1S/C11H23NO3/c1-9(2)15-7-5-6-12-10(3)8-11(13)14-4/h9-10,12H,5-8H2,1-4H3/t10-/m0/s1. The van der Waals surface area contributed by atoms with Gasteiger partial charge in [-0.15, -0.1) is 0 Å². The van der Waals surface area contributed by atoms with E-state index in [1.807, 2.05) is 20.8 Å². The van der Waals surface area contributed by atoms with Crippen LogP contribution in [0.1, 0.15) is 33.6 Å². The summed E-state index contributed by atoms with van der Waals surface area (Å²) in [6.45, 7) is 7.64. The van der Waals surface area contributed by atoms with E-state index in [0.29, 0.717) is 6.42 Å². The number of hydrogen-bond donors (Lipinski definition) is 1. The van der Waals surface area contributed by atoms with Crippen LogP contribution in [0.4, 0.5) is 0 Å². The molecule has 0 rings (SSSR count). The molecule has 1 N–H and O–H groups in total. The molecule has 0 aromatic heterocycles. The van der Waals surface area contributed by atoms with Gasteiger partial charge in [0.15, 0.2) is 0 Å². The fourth-order valence-corrected chi connectivity index (χ4v) is 1.15. The first kappa shape index (κ1) is 14.4. The predicted molar refractivity (Wildman–Crippen MR) is 59.8 cm³/mol. The molecule has 1 atom stereocenters. The normalized spacial score (nSPS) is 12.9. The summed E-state index contributed by atoms with van der Waals surface area (Å²) in [4.78, 5) is 10.9. The molecule has 0 bridgehead atoms. The van der Waals surface area contributed by atoms with Crippen molar-refractivity contribution in [3.05, 3.63) is 0 Å². The van der Waals surface area contributed by atoms with Gasteiger partial charge >= 0.3 is 5.97 Å². The van der Waals surface area contributed by atoms with Gasteiger partial charge in [0.25, 0.3) is 0 Å². The highest BCUT2D eigenvalue weighted by Gasteiger charge is 2.07. The molecule has 0 aromatic carbocycles. The molecule has 0 unspecified atom stereocenters. The number of esters is 1. The van der Waals surface area contributed by atoms with Crippen LogP contribution in [-0.4, -0.2) is 38.4 Å². The van der Waals surface area contributed by atoms with Gasteiger partial charge < -0.3 is 14.8 Å². The van der Waals surface area contributed by atoms with Crippen molar-refractivity contribution in [3.8, 4) is 0 Å². The number of methoxy groups -OCH3 is 1. The maximum Gasteiger partial charge on any atom is 0.307 e. The van der Waals surface area contributed by atoms with Crippen LogP contribution in [0.25, 0.3) is 0 Å². The van der Waals surface area contributed by atoms with E-state index in [9.17, 15) is 4.79 Å². The van der Waals surface area contributed by atoms with Crippen LogP contribution in [-0.2, 0) is 14.3 Å². The van der Waals surface area contributed by atoms with Crippen molar-refractivity contribution in [3.63, 3.8) is 0 Å². The molecule has 0 aromatic rings. The van der Waals surface area contributed by atoms with Crippen molar-refractivity contribution in [2.24, 2.45) is 0 Å². The first-order valence-corrected chi connectivity index (χ1v) is 5.48. The molecular weight excluding hydrogens is 194 g/mol. The summed E-state index contributed by atoms with van der Waals surface area (Å²) in [5, 5.41) is 3.24. The SMILES string of the molecule is COC(=O)C[C@H](C)NCCCOC(C)C. The highest BCUT2D eigenvalue weighted by molar-refractivity contribution is 5.69. The Morgan fingerprint density at radius 1 is 1.33 bits per heavy atom. The molecule has 4 heteroatoms. The zero-order valence-corrected chi connectivity index (χ0v) is 10.2. The Kier molecular flexibility index (Phi) is 8.33. The van der Waals surface area contributed by atoms with Crippen LogP contribution < -0.4 is 5.32 Å². The number of hydrogen-bond acceptors (Lipinski definition) is 4. The monoisotopic (exact) mass is 217 g/mol. The minimum absolute atomic E-state index is 0.163. The Bertz CT molecular complexity index is 171. The summed E-state index contributed by atoms with van der Waals surface area (Å²) in [5.74, 6) is -0.173. The Balaban J connectivity index is 3.31. The van der Waals surface area contributed by atoms with Gasteiger partial charge in [-0.1, -0.05) is 0 Å². The average molecular weight is 217 g/mol. The lowest BCUT2D eigenvalue weighted by Gasteiger charge is -2.13. The van der Waals surface area contributed by atoms with Crippen LogP contribution in [0.2, 0.25) is 0 Å². The molecule has 0 aliphatic carbocycles. The number of rotatable bonds is 8. The van der Waals surface area contributed by atoms with E-state index in [1.165, 1.54) is 7.11 Å². The Morgan fingerprint density at radius 3 is 2.53 bits per heavy atom. The van der Waals surface area contributed by atoms with E-state index in [0.717, 1.165) is 19.6 Å². The van der Waals surface area contributed by atoms with Crippen molar-refractivity contribution in [1.29, 1.82) is 0 Å². The third-order valence-electron chi connectivity index (χ3n) is 1.97. The molecule has 90 valence electrons. The van der Waals surface area contributed by atoms with Crippen LogP contribution in [0, 0.1) is 0 Å². The fourth-order valence-electron chi connectivity index (χ4n) is 1.15. The topological polar surface area (TPSA) is 47.6 Å². The number of ether oxygens (including phenoxy) is 2. The molecule has 0 heterocycles. The number of carbonyl (C=O) groups excluding carboxylic acids is 1. The highest BCUT2D eigenvalue weighted by atomic mass is 16.5. The average Bonchev–Trinajstić information content (AvgIpc) is 2.16. The molecular formula is C11H23NO3. The summed E-state index contributed by atoms with van der Waals surface area (Å²) < 4.78 is 9.97. The van der Waals surface area contributed by atoms with Crippen LogP contribution in [0.5, 0.6) is 0 Å². The zero-order valence-electron chi connectivity index (χ0n) is 10.2. The molecule has 0 aliphatic rings. The maximum atomic E-state index is 10.9. The lowest BCUT2D eigenvalue weighted by Crippen LogP contribution is -2.30. The van der Waals surface area contributed by atoms with Crippen LogP contribution in [0.3, 0.4) is 0 Å². The Morgan fingerprint density at radius 2 is 2.00 bits per heavy atom. The Hall–Kier alpha value is -0.610. The summed E-state index contributed by atoms with van der Waals surface area (Å²) in [6.07, 6.45) is 1.67. The van der Waals surface area contributed by atoms with Gasteiger partial charge in [-0.3, -0.25) is 4.79 Å². The predicted octanol–water partition coefficient (Wildman–Crippen LogP) is 1.34. The smallest absolute Gasteiger partial charge is 0.307 e. The first-order chi connectivity index (χ1) is 7.06. The Labute approximate surface area is 92.3 Å². The van der Waals surface area contributed by atoms with Crippen molar-refractivity contribution in [2.75, 3.05) is 20.3 Å². The maximum absolute atomic E-state index is 10.9. The molecule has 0 aliphatic heterocycles. The van der Waals surface area contributed by atoms with Gasteiger partial charge in [0.05, 0.1) is 19.6 Å². The van der Waals surface area contributed by atoms with E-state index in [2.05, 4.69) is 10.1 Å². The van der Waals surface area contributed by atoms with Gasteiger partial charge in [0.1, 0.15) is 0 Å². The van der Waals surface area contributed by atoms with Gasteiger partial charge in [0, 0.05) is 12.6 Å². The molecule has 0 spiro atoms. The highest BCUT2D eigenvalue weighted by Crippen LogP contribution is 1.94. The minimum atomic E-state index is -0.173. The first-order valence-electron chi connectivity index (χ1n) is 5.48. The van der Waals surface area contributed by atoms with Gasteiger partial charge in [-0.05, 0) is 33.7 Å². The second-order valence-corrected chi connectivity index (χ2v) is 3.91. The molecule has 0 fully saturated rings. The number of nitrogens with one attached hydrogen (secondary N) is 1. The molecule has 0 saturated carbocycles. The zero-order chi connectivity index (χ0) is 11.7. The van der Waals surface area contributed by atoms with Gasteiger partial charge in [0.2, 0.25) is 0 Å². The van der Waals surface area contributed by atoms with E-state index >= 15 is 0 Å². The fraction of sp³-hybridized carbons (Fsp3) is 0.909. The quantitative estimate of drug-likeness (QED) is 0.492. The van der Waals surface area contributed by atoms with E-state index in [4.69, 9.17) is 4.74 Å². The third-order valence-corrected chi connectivity index (χ3v) is 1.97. The molecule has 0 saturated heterocycles. The summed E-state index contributed by atoms with van der Waals surface area (Å²) >= 11 is 0. The lowest BCUT2D eigenvalue weighted by molar-refractivity contribution is -0.141. The molecule has 15 heavy (non-hydrogen) atoms. The largest absolute Gasteiger partial charge is 0.469 e. The van der Waals surface area contributed by atoms with E-state index < -0.39 is 0 Å². The second-order valence-electron chi connectivity index (χ2n) is 3.91. The summed E-state index contributed by atoms with van der Waals surface area (Å²) in [5.41, 5.74) is 0. The van der Waals surface area contributed by atoms with Crippen molar-refractivity contribution >= 4 is 5.97 Å². The van der Waals surface area contributed by atoms with E-state index in [-0.39, 0.29) is 18.1 Å². The van der Waals surface area contributed by atoms with Gasteiger partial charge in [-0.2, -0.15) is 0 Å². The molecule has 0 radical (unpaired) electrons. The summed E-state index contributed by atoms with van der Waals surface area (Å²) in [7, 11) is 1.41.